The molecule has 0 spiro atoms. The van der Waals surface area contributed by atoms with E-state index in [9.17, 15) is 0 Å². The number of rotatable bonds is 5. The summed E-state index contributed by atoms with van der Waals surface area (Å²) >= 11 is 6.03. The molecule has 0 saturated heterocycles. The van der Waals surface area contributed by atoms with Crippen LogP contribution >= 0.6 is 11.6 Å². The molecule has 2 heterocycles. The summed E-state index contributed by atoms with van der Waals surface area (Å²) in [4.78, 5) is 0. The highest BCUT2D eigenvalue weighted by Crippen LogP contribution is 2.38. The highest BCUT2D eigenvalue weighted by atomic mass is 35.5. The maximum atomic E-state index is 7.77. The Labute approximate surface area is 175 Å². The zero-order valence-corrected chi connectivity index (χ0v) is 17.2. The van der Waals surface area contributed by atoms with Crippen LogP contribution in [0.3, 0.4) is 0 Å². The van der Waals surface area contributed by atoms with Gasteiger partial charge in [0.05, 0.1) is 11.4 Å². The fraction of sp³-hybridized carbons (Fsp3) is 0.227. The lowest BCUT2D eigenvalue weighted by Crippen LogP contribution is -2.37. The third-order valence-corrected chi connectivity index (χ3v) is 5.40. The largest absolute Gasteiger partial charge is 0.486 e. The maximum absolute atomic E-state index is 7.77. The Morgan fingerprint density at radius 1 is 1.28 bits per heavy atom. The van der Waals surface area contributed by atoms with Crippen LogP contribution in [-0.4, -0.2) is 24.8 Å². The number of hydrogen-bond donors (Lipinski definition) is 4. The van der Waals surface area contributed by atoms with Gasteiger partial charge in [-0.3, -0.25) is 5.01 Å². The summed E-state index contributed by atoms with van der Waals surface area (Å²) in [5.74, 6) is 0.785. The van der Waals surface area contributed by atoms with Gasteiger partial charge in [0.15, 0.2) is 0 Å². The number of hydrogen-bond acceptors (Lipinski definition) is 6. The first-order chi connectivity index (χ1) is 14.1. The average molecular weight is 410 g/mol. The molecular weight excluding hydrogens is 386 g/mol. The van der Waals surface area contributed by atoms with Gasteiger partial charge in [0.1, 0.15) is 11.9 Å². The molecule has 0 aromatic heterocycles. The van der Waals surface area contributed by atoms with Crippen molar-refractivity contribution < 1.29 is 4.74 Å². The van der Waals surface area contributed by atoms with Crippen molar-refractivity contribution in [3.8, 4) is 5.75 Å². The summed E-state index contributed by atoms with van der Waals surface area (Å²) in [6.07, 6.45) is 3.87. The summed E-state index contributed by atoms with van der Waals surface area (Å²) in [5, 5.41) is 13.6. The van der Waals surface area contributed by atoms with Crippen LogP contribution in [-0.2, 0) is 0 Å². The van der Waals surface area contributed by atoms with Crippen LogP contribution < -0.4 is 21.0 Å². The molecule has 4 rings (SSSR count). The van der Waals surface area contributed by atoms with Gasteiger partial charge in [-0.05, 0) is 42.8 Å². The predicted molar refractivity (Wildman–Crippen MR) is 117 cm³/mol. The minimum absolute atomic E-state index is 0.125. The molecule has 4 N–H and O–H groups in total. The topological polar surface area (TPSA) is 72.4 Å². The van der Waals surface area contributed by atoms with Gasteiger partial charge in [0.2, 0.25) is 0 Å². The number of allylic oxidation sites excluding steroid dienone is 2. The van der Waals surface area contributed by atoms with Crippen LogP contribution in [0.2, 0.25) is 5.02 Å². The Kier molecular flexibility index (Phi) is 5.47. The highest BCUT2D eigenvalue weighted by Gasteiger charge is 2.31. The highest BCUT2D eigenvalue weighted by molar-refractivity contribution is 6.30. The first kappa shape index (κ1) is 19.4. The minimum Gasteiger partial charge on any atom is -0.486 e. The van der Waals surface area contributed by atoms with Crippen LogP contribution in [0.5, 0.6) is 5.75 Å². The second kappa shape index (κ2) is 8.19. The molecule has 0 saturated carbocycles. The zero-order chi connectivity index (χ0) is 20.4. The fourth-order valence-corrected chi connectivity index (χ4v) is 3.90. The number of nitrogens with zero attached hydrogens (tertiary/aromatic N) is 1. The molecule has 0 bridgehead atoms. The third-order valence-electron chi connectivity index (χ3n) is 5.15. The van der Waals surface area contributed by atoms with E-state index in [1.165, 1.54) is 6.21 Å². The van der Waals surface area contributed by atoms with E-state index in [1.54, 1.807) is 0 Å². The van der Waals surface area contributed by atoms with Crippen molar-refractivity contribution in [3.63, 3.8) is 0 Å². The van der Waals surface area contributed by atoms with Crippen molar-refractivity contribution in [2.75, 3.05) is 13.6 Å². The molecule has 1 atom stereocenters. The first-order valence-electron chi connectivity index (χ1n) is 9.55. The van der Waals surface area contributed by atoms with E-state index in [-0.39, 0.29) is 6.10 Å². The lowest BCUT2D eigenvalue weighted by molar-refractivity contribution is 0.173. The van der Waals surface area contributed by atoms with Gasteiger partial charge in [-0.2, -0.15) is 0 Å². The molecule has 0 aliphatic carbocycles. The molecule has 2 aromatic rings. The van der Waals surface area contributed by atoms with Crippen molar-refractivity contribution >= 4 is 29.1 Å². The maximum Gasteiger partial charge on any atom is 0.126 e. The number of benzene rings is 2. The molecule has 29 heavy (non-hydrogen) atoms. The van der Waals surface area contributed by atoms with E-state index in [0.29, 0.717) is 5.02 Å². The summed E-state index contributed by atoms with van der Waals surface area (Å²) in [6.45, 7) is 2.86. The van der Waals surface area contributed by atoms with Gasteiger partial charge < -0.3 is 20.9 Å². The lowest BCUT2D eigenvalue weighted by atomic mass is 9.94. The van der Waals surface area contributed by atoms with Gasteiger partial charge in [-0.25, -0.2) is 0 Å². The molecule has 1 unspecified atom stereocenters. The van der Waals surface area contributed by atoms with Crippen LogP contribution in [0.15, 0.2) is 54.4 Å². The van der Waals surface area contributed by atoms with Crippen molar-refractivity contribution in [3.05, 3.63) is 76.1 Å². The Morgan fingerprint density at radius 2 is 2.07 bits per heavy atom. The Balaban J connectivity index is 1.80. The normalized spacial score (nSPS) is 18.5. The molecule has 2 aliphatic heterocycles. The second-order valence-corrected chi connectivity index (χ2v) is 7.48. The molecule has 0 amide bonds. The van der Waals surface area contributed by atoms with Crippen LogP contribution in [0, 0.1) is 5.41 Å². The van der Waals surface area contributed by atoms with Gasteiger partial charge >= 0.3 is 0 Å². The lowest BCUT2D eigenvalue weighted by Gasteiger charge is -2.21. The van der Waals surface area contributed by atoms with Crippen LogP contribution in [0.1, 0.15) is 36.1 Å². The van der Waals surface area contributed by atoms with E-state index in [2.05, 4.69) is 46.4 Å². The summed E-state index contributed by atoms with van der Waals surface area (Å²) in [5.41, 5.74) is 12.7. The van der Waals surface area contributed by atoms with Crippen molar-refractivity contribution in [2.24, 2.45) is 0 Å². The number of fused-ring (bicyclic) bond motifs is 3. The summed E-state index contributed by atoms with van der Waals surface area (Å²) < 4.78 is 6.40. The standard InChI is InChI=1S/C22H24ClN5O/c1-14-22-19-8-3-15(16(12-24)13-25-2)11-20(19)21(9-10-28(22)27-26-14)29-18-6-4-17(23)5-7-18/h3-8,11-13,21,24-27H,9-10H2,1-2H3/b16-13+,24-12?. The number of nitrogens with one attached hydrogen (secondary N) is 4. The van der Waals surface area contributed by atoms with Gasteiger partial charge in [-0.1, -0.05) is 23.7 Å². The first-order valence-corrected chi connectivity index (χ1v) is 9.93. The van der Waals surface area contributed by atoms with E-state index in [4.69, 9.17) is 21.7 Å². The minimum atomic E-state index is -0.125. The van der Waals surface area contributed by atoms with Crippen molar-refractivity contribution in [2.45, 2.75) is 19.4 Å². The Morgan fingerprint density at radius 3 is 2.79 bits per heavy atom. The molecule has 0 radical (unpaired) electrons. The van der Waals surface area contributed by atoms with Crippen molar-refractivity contribution in [1.29, 1.82) is 5.41 Å². The number of hydrazine groups is 2. The predicted octanol–water partition coefficient (Wildman–Crippen LogP) is 4.09. The smallest absolute Gasteiger partial charge is 0.126 e. The fourth-order valence-electron chi connectivity index (χ4n) is 3.77. The van der Waals surface area contributed by atoms with Gasteiger partial charge in [0, 0.05) is 54.2 Å². The van der Waals surface area contributed by atoms with E-state index in [0.717, 1.165) is 52.4 Å². The molecule has 7 heteroatoms. The molecule has 2 aliphatic rings. The van der Waals surface area contributed by atoms with E-state index in [1.807, 2.05) is 37.5 Å². The Bertz CT molecular complexity index is 983. The van der Waals surface area contributed by atoms with Crippen molar-refractivity contribution in [1.82, 2.24) is 21.3 Å². The van der Waals surface area contributed by atoms with Crippen LogP contribution in [0.4, 0.5) is 0 Å². The monoisotopic (exact) mass is 409 g/mol. The molecule has 0 fully saturated rings. The summed E-state index contributed by atoms with van der Waals surface area (Å²) in [6, 6.07) is 13.8. The SMILES string of the molecule is CN/C=C(\C=N)c1ccc2c(c1)C(Oc1ccc(Cl)cc1)CCN1NNC(C)=C21. The summed E-state index contributed by atoms with van der Waals surface area (Å²) in [7, 11) is 1.83. The number of halogens is 1. The zero-order valence-electron chi connectivity index (χ0n) is 16.4. The van der Waals surface area contributed by atoms with E-state index >= 15 is 0 Å². The number of ether oxygens (including phenoxy) is 1. The third kappa shape index (κ3) is 3.81. The van der Waals surface area contributed by atoms with Gasteiger partial charge in [-0.15, -0.1) is 5.53 Å². The molecule has 6 nitrogen and oxygen atoms in total. The van der Waals surface area contributed by atoms with Gasteiger partial charge in [0.25, 0.3) is 0 Å². The molecular formula is C22H24ClN5O. The second-order valence-electron chi connectivity index (χ2n) is 7.05. The quantitative estimate of drug-likeness (QED) is 0.560. The Hall–Kier alpha value is -2.96. The van der Waals surface area contributed by atoms with E-state index < -0.39 is 0 Å². The molecule has 2 aromatic carbocycles. The molecule has 150 valence electrons. The van der Waals surface area contributed by atoms with Crippen LogP contribution in [0.25, 0.3) is 11.3 Å². The average Bonchev–Trinajstić information content (AvgIpc) is 3.02.